The quantitative estimate of drug-likeness (QED) is 0.646. The van der Waals surface area contributed by atoms with Crippen LogP contribution in [0.4, 0.5) is 4.39 Å². The minimum Gasteiger partial charge on any atom is -0.369 e. The summed E-state index contributed by atoms with van der Waals surface area (Å²) in [7, 11) is 4.24. The van der Waals surface area contributed by atoms with Crippen LogP contribution in [-0.2, 0) is 10.3 Å². The highest BCUT2D eigenvalue weighted by Gasteiger charge is 2.64. The fourth-order valence-electron chi connectivity index (χ4n) is 6.00. The molecule has 7 heteroatoms. The van der Waals surface area contributed by atoms with Crippen molar-refractivity contribution in [2.24, 2.45) is 11.1 Å². The van der Waals surface area contributed by atoms with Crippen LogP contribution >= 0.6 is 0 Å². The van der Waals surface area contributed by atoms with Gasteiger partial charge in [-0.25, -0.2) is 4.39 Å². The number of benzene rings is 1. The number of alkyl halides is 1. The highest BCUT2D eigenvalue weighted by atomic mass is 19.1. The van der Waals surface area contributed by atoms with Crippen molar-refractivity contribution in [1.82, 2.24) is 9.91 Å². The van der Waals surface area contributed by atoms with Crippen LogP contribution in [0.5, 0.6) is 0 Å². The SMILES string of the molecule is CN(C)C1(c2ccccc2)CCC2(CC1)C[C@@H](CC(C)(C)C(N)=O)[N+](=O)N2CC1(F)CC1. The molecule has 1 aromatic carbocycles. The number of primary amides is 1. The molecule has 2 aliphatic carbocycles. The van der Waals surface area contributed by atoms with E-state index in [1.165, 1.54) is 5.56 Å². The number of nitrogens with zero attached hydrogens (tertiary/aromatic N) is 3. The molecule has 1 saturated heterocycles. The first-order valence-corrected chi connectivity index (χ1v) is 11.9. The molecule has 1 aromatic rings. The van der Waals surface area contributed by atoms with E-state index in [2.05, 4.69) is 43.3 Å². The van der Waals surface area contributed by atoms with E-state index in [0.717, 1.165) is 30.6 Å². The van der Waals surface area contributed by atoms with E-state index >= 15 is 0 Å². The molecule has 1 spiro atoms. The van der Waals surface area contributed by atoms with Crippen LogP contribution in [-0.4, -0.2) is 58.6 Å². The third-order valence-corrected chi connectivity index (χ3v) is 8.53. The van der Waals surface area contributed by atoms with Crippen molar-refractivity contribution in [2.45, 2.75) is 88.0 Å². The number of hydrogen-bond donors (Lipinski definition) is 1. The summed E-state index contributed by atoms with van der Waals surface area (Å²) in [5.41, 5.74) is 4.41. The zero-order valence-corrected chi connectivity index (χ0v) is 19.9. The van der Waals surface area contributed by atoms with Gasteiger partial charge >= 0.3 is 0 Å². The number of carbonyl (C=O) groups is 1. The number of hydrogen-bond acceptors (Lipinski definition) is 3. The van der Waals surface area contributed by atoms with Crippen LogP contribution in [0.25, 0.3) is 0 Å². The van der Waals surface area contributed by atoms with Gasteiger partial charge in [-0.15, -0.1) is 5.01 Å². The first-order valence-electron chi connectivity index (χ1n) is 11.9. The molecule has 176 valence electrons. The van der Waals surface area contributed by atoms with Gasteiger partial charge in [-0.1, -0.05) is 44.2 Å². The Kier molecular flexibility index (Phi) is 5.63. The highest BCUT2D eigenvalue weighted by Crippen LogP contribution is 2.53. The van der Waals surface area contributed by atoms with Crippen LogP contribution in [0.15, 0.2) is 30.3 Å². The van der Waals surface area contributed by atoms with E-state index in [1.807, 2.05) is 6.07 Å². The summed E-state index contributed by atoms with van der Waals surface area (Å²) in [4.78, 5) is 28.7. The number of rotatable bonds is 7. The van der Waals surface area contributed by atoms with Crippen molar-refractivity contribution in [1.29, 1.82) is 0 Å². The Bertz CT molecular complexity index is 873. The second kappa shape index (κ2) is 7.79. The summed E-state index contributed by atoms with van der Waals surface area (Å²) in [6.07, 6.45) is 5.54. The Balaban J connectivity index is 1.61. The van der Waals surface area contributed by atoms with Gasteiger partial charge < -0.3 is 5.73 Å². The fraction of sp³-hybridized carbons (Fsp3) is 0.720. The molecule has 3 fully saturated rings. The maximum atomic E-state index is 14.9. The monoisotopic (exact) mass is 445 g/mol. The van der Waals surface area contributed by atoms with Gasteiger partial charge in [-0.05, 0) is 58.2 Å². The Morgan fingerprint density at radius 3 is 2.25 bits per heavy atom. The highest BCUT2D eigenvalue weighted by molar-refractivity contribution is 5.79. The van der Waals surface area contributed by atoms with Crippen molar-refractivity contribution in [3.8, 4) is 0 Å². The Morgan fingerprint density at radius 1 is 1.16 bits per heavy atom. The number of carbonyl (C=O) groups excluding carboxylic acids is 1. The van der Waals surface area contributed by atoms with E-state index in [9.17, 15) is 14.1 Å². The third kappa shape index (κ3) is 3.93. The largest absolute Gasteiger partial charge is 0.369 e. The number of nitrogens with two attached hydrogens (primary N) is 1. The third-order valence-electron chi connectivity index (χ3n) is 8.53. The fourth-order valence-corrected chi connectivity index (χ4v) is 6.00. The summed E-state index contributed by atoms with van der Waals surface area (Å²) < 4.78 is 14.9. The van der Waals surface area contributed by atoms with E-state index in [-0.39, 0.29) is 23.7 Å². The van der Waals surface area contributed by atoms with Gasteiger partial charge in [0.1, 0.15) is 22.6 Å². The standard InChI is InChI=1S/C25H37FN4O2/c1-22(2,21(27)31)16-20-17-24(29(30(20)32)18-23(26)10-11-23)12-14-25(15-13-24,28(3)4)19-8-6-5-7-9-19/h5-9,20H,10-18H2,1-4H3,(H-,27,31)/p+1/t20-,24?,25?/m1/s1. The van der Waals surface area contributed by atoms with Gasteiger partial charge in [0.25, 0.3) is 0 Å². The normalized spacial score (nSPS) is 32.0. The summed E-state index contributed by atoms with van der Waals surface area (Å²) in [6.45, 7) is 3.75. The first kappa shape index (κ1) is 23.1. The second-order valence-electron chi connectivity index (χ2n) is 11.3. The molecule has 2 saturated carbocycles. The summed E-state index contributed by atoms with van der Waals surface area (Å²) >= 11 is 0. The molecule has 32 heavy (non-hydrogen) atoms. The molecule has 4 rings (SSSR count). The van der Waals surface area contributed by atoms with Crippen molar-refractivity contribution < 1.29 is 14.1 Å². The Labute approximate surface area is 190 Å². The number of nitroso groups, excluding NO2 is 1. The van der Waals surface area contributed by atoms with Gasteiger partial charge in [-0.3, -0.25) is 9.69 Å². The Morgan fingerprint density at radius 2 is 1.75 bits per heavy atom. The first-order chi connectivity index (χ1) is 14.9. The van der Waals surface area contributed by atoms with Crippen LogP contribution < -0.4 is 5.73 Å². The predicted molar refractivity (Wildman–Crippen MR) is 122 cm³/mol. The summed E-state index contributed by atoms with van der Waals surface area (Å²) in [5, 5.41) is 1.80. The molecule has 1 aliphatic heterocycles. The lowest BCUT2D eigenvalue weighted by Gasteiger charge is -2.49. The minimum absolute atomic E-state index is 0.0938. The van der Waals surface area contributed by atoms with Gasteiger partial charge in [0.15, 0.2) is 0 Å². The average molecular weight is 446 g/mol. The Hall–Kier alpha value is -2.02. The lowest BCUT2D eigenvalue weighted by molar-refractivity contribution is -0.724. The molecular formula is C25H38FN4O2+. The van der Waals surface area contributed by atoms with Gasteiger partial charge in [0.2, 0.25) is 11.9 Å². The molecule has 2 N–H and O–H groups in total. The van der Waals surface area contributed by atoms with Crippen LogP contribution in [0.1, 0.15) is 70.8 Å². The van der Waals surface area contributed by atoms with E-state index < -0.39 is 17.0 Å². The molecule has 0 unspecified atom stereocenters. The lowest BCUT2D eigenvalue weighted by atomic mass is 9.66. The molecule has 0 radical (unpaired) electrons. The predicted octanol–water partition coefficient (Wildman–Crippen LogP) is 3.93. The zero-order valence-electron chi connectivity index (χ0n) is 19.9. The van der Waals surface area contributed by atoms with E-state index in [0.29, 0.717) is 25.7 Å². The molecule has 1 atom stereocenters. The van der Waals surface area contributed by atoms with Crippen LogP contribution in [0, 0.1) is 10.3 Å². The smallest absolute Gasteiger partial charge is 0.238 e. The maximum absolute atomic E-state index is 14.9. The molecule has 0 aromatic heterocycles. The minimum atomic E-state index is -1.25. The molecule has 6 nitrogen and oxygen atoms in total. The summed E-state index contributed by atoms with van der Waals surface area (Å²) in [6, 6.07) is 10.2. The van der Waals surface area contributed by atoms with Crippen molar-refractivity contribution in [2.75, 3.05) is 20.6 Å². The van der Waals surface area contributed by atoms with Crippen molar-refractivity contribution >= 4 is 5.91 Å². The average Bonchev–Trinajstić information content (AvgIpc) is 3.43. The van der Waals surface area contributed by atoms with E-state index in [1.54, 1.807) is 18.9 Å². The van der Waals surface area contributed by atoms with Gasteiger partial charge in [-0.2, -0.15) is 0 Å². The second-order valence-corrected chi connectivity index (χ2v) is 11.3. The van der Waals surface area contributed by atoms with E-state index in [4.69, 9.17) is 5.73 Å². The lowest BCUT2D eigenvalue weighted by Crippen LogP contribution is -2.55. The maximum Gasteiger partial charge on any atom is 0.238 e. The van der Waals surface area contributed by atoms with Crippen molar-refractivity contribution in [3.63, 3.8) is 0 Å². The summed E-state index contributed by atoms with van der Waals surface area (Å²) in [5.74, 6) is -0.401. The number of hydrazine groups is 1. The van der Waals surface area contributed by atoms with Gasteiger partial charge in [0, 0.05) is 23.8 Å². The molecule has 1 heterocycles. The topological polar surface area (TPSA) is 69.6 Å². The molecule has 1 amide bonds. The van der Waals surface area contributed by atoms with Crippen molar-refractivity contribution in [3.05, 3.63) is 40.8 Å². The molecule has 3 aliphatic rings. The van der Waals surface area contributed by atoms with Gasteiger partial charge in [0.05, 0.1) is 4.91 Å². The number of halogens is 1. The van der Waals surface area contributed by atoms with Crippen LogP contribution in [0.3, 0.4) is 0 Å². The zero-order chi connectivity index (χ0) is 23.4. The number of amides is 1. The van der Waals surface area contributed by atoms with Crippen LogP contribution in [0.2, 0.25) is 0 Å². The molecule has 0 bridgehead atoms. The molecular weight excluding hydrogens is 407 g/mol.